The minimum Gasteiger partial charge on any atom is -0.309 e. The molecule has 0 atom stereocenters. The van der Waals surface area contributed by atoms with Crippen molar-refractivity contribution in [2.75, 3.05) is 5.32 Å². The van der Waals surface area contributed by atoms with Gasteiger partial charge < -0.3 is 5.32 Å². The average molecular weight is 278 g/mol. The number of nitrogens with one attached hydrogen (secondary N) is 2. The summed E-state index contributed by atoms with van der Waals surface area (Å²) in [5.41, 5.74) is 1.98. The number of aryl methyl sites for hydroxylation is 2. The van der Waals surface area contributed by atoms with Gasteiger partial charge in [0.15, 0.2) is 5.82 Å². The van der Waals surface area contributed by atoms with E-state index in [1.165, 1.54) is 0 Å². The number of anilines is 1. The molecule has 0 aliphatic rings. The largest absolute Gasteiger partial charge is 0.309 e. The first-order valence-corrected chi connectivity index (χ1v) is 6.64. The van der Waals surface area contributed by atoms with Gasteiger partial charge in [-0.15, -0.1) is 0 Å². The molecule has 19 heavy (non-hydrogen) atoms. The van der Waals surface area contributed by atoms with Gasteiger partial charge in [-0.2, -0.15) is 5.10 Å². The first kappa shape index (κ1) is 13.6. The second-order valence-electron chi connectivity index (χ2n) is 4.27. The number of hydrogen-bond donors (Lipinski definition) is 2. The third kappa shape index (κ3) is 3.83. The number of aromatic nitrogens is 2. The molecule has 2 N–H and O–H groups in total. The Morgan fingerprint density at radius 3 is 2.89 bits per heavy atom. The van der Waals surface area contributed by atoms with E-state index in [1.807, 2.05) is 37.3 Å². The summed E-state index contributed by atoms with van der Waals surface area (Å²) in [6.45, 7) is 2.02. The van der Waals surface area contributed by atoms with Crippen LogP contribution in [0, 0.1) is 0 Å². The van der Waals surface area contributed by atoms with E-state index >= 15 is 0 Å². The predicted molar refractivity (Wildman–Crippen MR) is 76.4 cm³/mol. The van der Waals surface area contributed by atoms with Gasteiger partial charge in [-0.25, -0.2) is 0 Å². The van der Waals surface area contributed by atoms with E-state index in [9.17, 15) is 4.79 Å². The lowest BCUT2D eigenvalue weighted by molar-refractivity contribution is -0.116. The van der Waals surface area contributed by atoms with Crippen LogP contribution in [0.25, 0.3) is 0 Å². The number of nitrogens with zero attached hydrogens (tertiary/aromatic N) is 1. The number of benzene rings is 1. The van der Waals surface area contributed by atoms with Gasteiger partial charge in [-0.1, -0.05) is 36.7 Å². The van der Waals surface area contributed by atoms with Crippen LogP contribution < -0.4 is 5.32 Å². The van der Waals surface area contributed by atoms with Crippen molar-refractivity contribution >= 4 is 23.3 Å². The van der Waals surface area contributed by atoms with Crippen LogP contribution in [0.15, 0.2) is 30.3 Å². The summed E-state index contributed by atoms with van der Waals surface area (Å²) >= 11 is 6.04. The number of carbonyl (C=O) groups is 1. The average Bonchev–Trinajstić information content (AvgIpc) is 2.85. The zero-order valence-corrected chi connectivity index (χ0v) is 11.5. The van der Waals surface area contributed by atoms with Crippen LogP contribution in [0.5, 0.6) is 0 Å². The van der Waals surface area contributed by atoms with Gasteiger partial charge in [0.1, 0.15) is 0 Å². The molecule has 2 aromatic rings. The number of rotatable bonds is 5. The highest BCUT2D eigenvalue weighted by Crippen LogP contribution is 2.16. The highest BCUT2D eigenvalue weighted by molar-refractivity contribution is 6.31. The summed E-state index contributed by atoms with van der Waals surface area (Å²) in [5.74, 6) is 0.509. The molecule has 1 heterocycles. The minimum atomic E-state index is -0.0610. The Bertz CT molecular complexity index is 565. The Morgan fingerprint density at radius 1 is 1.42 bits per heavy atom. The highest BCUT2D eigenvalue weighted by atomic mass is 35.5. The Kier molecular flexibility index (Phi) is 4.58. The number of hydrogen-bond acceptors (Lipinski definition) is 2. The van der Waals surface area contributed by atoms with E-state index in [0.29, 0.717) is 23.7 Å². The van der Waals surface area contributed by atoms with Crippen molar-refractivity contribution in [3.63, 3.8) is 0 Å². The fourth-order valence-corrected chi connectivity index (χ4v) is 1.99. The molecule has 0 aliphatic carbocycles. The molecule has 1 aromatic carbocycles. The molecule has 0 bridgehead atoms. The van der Waals surface area contributed by atoms with E-state index in [0.717, 1.165) is 17.7 Å². The molecular weight excluding hydrogens is 262 g/mol. The Hall–Kier alpha value is -1.81. The summed E-state index contributed by atoms with van der Waals surface area (Å²) in [6.07, 6.45) is 1.87. The van der Waals surface area contributed by atoms with E-state index in [-0.39, 0.29) is 5.91 Å². The van der Waals surface area contributed by atoms with Gasteiger partial charge in [0, 0.05) is 23.2 Å². The van der Waals surface area contributed by atoms with E-state index in [2.05, 4.69) is 15.5 Å². The fourth-order valence-electron chi connectivity index (χ4n) is 1.76. The number of amides is 1. The molecule has 0 unspecified atom stereocenters. The third-order valence-corrected chi connectivity index (χ3v) is 3.23. The number of H-pyrrole nitrogens is 1. The summed E-state index contributed by atoms with van der Waals surface area (Å²) in [6, 6.07) is 9.39. The Labute approximate surface area is 117 Å². The fraction of sp³-hybridized carbons (Fsp3) is 0.286. The van der Waals surface area contributed by atoms with E-state index in [1.54, 1.807) is 0 Å². The second kappa shape index (κ2) is 6.38. The topological polar surface area (TPSA) is 57.8 Å². The summed E-state index contributed by atoms with van der Waals surface area (Å²) in [5, 5.41) is 10.3. The second-order valence-corrected chi connectivity index (χ2v) is 4.68. The number of aromatic amines is 1. The molecule has 4 nitrogen and oxygen atoms in total. The van der Waals surface area contributed by atoms with Crippen LogP contribution >= 0.6 is 11.6 Å². The molecule has 0 saturated carbocycles. The molecule has 100 valence electrons. The van der Waals surface area contributed by atoms with Crippen LogP contribution in [-0.2, 0) is 17.6 Å². The van der Waals surface area contributed by atoms with Crippen molar-refractivity contribution in [1.82, 2.24) is 10.2 Å². The van der Waals surface area contributed by atoms with Crippen molar-refractivity contribution in [3.8, 4) is 0 Å². The summed E-state index contributed by atoms with van der Waals surface area (Å²) in [4.78, 5) is 11.8. The lowest BCUT2D eigenvalue weighted by Crippen LogP contribution is -2.12. The van der Waals surface area contributed by atoms with Crippen LogP contribution in [0.4, 0.5) is 5.82 Å². The molecule has 0 radical (unpaired) electrons. The summed E-state index contributed by atoms with van der Waals surface area (Å²) in [7, 11) is 0. The lowest BCUT2D eigenvalue weighted by Gasteiger charge is -2.04. The lowest BCUT2D eigenvalue weighted by atomic mass is 10.1. The van der Waals surface area contributed by atoms with Crippen LogP contribution in [-0.4, -0.2) is 16.1 Å². The van der Waals surface area contributed by atoms with Gasteiger partial charge >= 0.3 is 0 Å². The van der Waals surface area contributed by atoms with Gasteiger partial charge in [0.2, 0.25) is 5.91 Å². The van der Waals surface area contributed by atoms with Gasteiger partial charge in [0.05, 0.1) is 0 Å². The number of carbonyl (C=O) groups excluding carboxylic acids is 1. The van der Waals surface area contributed by atoms with Crippen molar-refractivity contribution < 1.29 is 4.79 Å². The molecule has 1 aromatic heterocycles. The van der Waals surface area contributed by atoms with Crippen LogP contribution in [0.3, 0.4) is 0 Å². The molecule has 1 amide bonds. The minimum absolute atomic E-state index is 0.0610. The first-order valence-electron chi connectivity index (χ1n) is 6.26. The van der Waals surface area contributed by atoms with Crippen molar-refractivity contribution in [2.45, 2.75) is 26.2 Å². The quantitative estimate of drug-likeness (QED) is 0.882. The highest BCUT2D eigenvalue weighted by Gasteiger charge is 2.07. The maximum Gasteiger partial charge on any atom is 0.225 e. The Morgan fingerprint density at radius 2 is 2.21 bits per heavy atom. The molecule has 0 spiro atoms. The normalized spacial score (nSPS) is 10.4. The van der Waals surface area contributed by atoms with Crippen LogP contribution in [0.1, 0.15) is 24.6 Å². The maximum atomic E-state index is 11.8. The standard InChI is InChI=1S/C14H16ClN3O/c1-2-11-9-13(18-17-11)16-14(19)8-7-10-5-3-4-6-12(10)15/h3-6,9H,2,7-8H2,1H3,(H2,16,17,18,19). The Balaban J connectivity index is 1.86. The van der Waals surface area contributed by atoms with Crippen molar-refractivity contribution in [1.29, 1.82) is 0 Å². The van der Waals surface area contributed by atoms with E-state index in [4.69, 9.17) is 11.6 Å². The number of halogens is 1. The van der Waals surface area contributed by atoms with Crippen LogP contribution in [0.2, 0.25) is 5.02 Å². The molecule has 0 saturated heterocycles. The molecule has 0 aliphatic heterocycles. The van der Waals surface area contributed by atoms with Crippen molar-refractivity contribution in [2.24, 2.45) is 0 Å². The molecule has 5 heteroatoms. The van der Waals surface area contributed by atoms with Gasteiger partial charge in [0.25, 0.3) is 0 Å². The van der Waals surface area contributed by atoms with E-state index < -0.39 is 0 Å². The first-order chi connectivity index (χ1) is 9.19. The van der Waals surface area contributed by atoms with Gasteiger partial charge in [-0.3, -0.25) is 9.89 Å². The molecular formula is C14H16ClN3O. The third-order valence-electron chi connectivity index (χ3n) is 2.86. The van der Waals surface area contributed by atoms with Gasteiger partial charge in [-0.05, 0) is 24.5 Å². The maximum absolute atomic E-state index is 11.8. The molecule has 0 fully saturated rings. The zero-order valence-electron chi connectivity index (χ0n) is 10.7. The van der Waals surface area contributed by atoms with Crippen molar-refractivity contribution in [3.05, 3.63) is 46.6 Å². The smallest absolute Gasteiger partial charge is 0.225 e. The molecule has 2 rings (SSSR count). The SMILES string of the molecule is CCc1cc(NC(=O)CCc2ccccc2Cl)n[nH]1. The zero-order chi connectivity index (χ0) is 13.7. The summed E-state index contributed by atoms with van der Waals surface area (Å²) < 4.78 is 0. The monoisotopic (exact) mass is 277 g/mol. The predicted octanol–water partition coefficient (Wildman–Crippen LogP) is 3.20.